The van der Waals surface area contributed by atoms with E-state index in [2.05, 4.69) is 15.2 Å². The van der Waals surface area contributed by atoms with Crippen molar-refractivity contribution in [1.82, 2.24) is 20.1 Å². The number of aromatic nitrogens is 1. The highest BCUT2D eigenvalue weighted by atomic mass is 19.4. The Kier molecular flexibility index (Phi) is 6.34. The van der Waals surface area contributed by atoms with E-state index < -0.39 is 34.7 Å². The topological polar surface area (TPSA) is 103 Å². The van der Waals surface area contributed by atoms with Gasteiger partial charge in [-0.3, -0.25) is 29.6 Å². The molecule has 38 heavy (non-hydrogen) atoms. The van der Waals surface area contributed by atoms with Gasteiger partial charge in [-0.05, 0) is 42.7 Å². The summed E-state index contributed by atoms with van der Waals surface area (Å²) in [6.45, 7) is 5.38. The van der Waals surface area contributed by atoms with Gasteiger partial charge in [-0.1, -0.05) is 26.0 Å². The number of nitrogens with one attached hydrogen (secondary N) is 1. The summed E-state index contributed by atoms with van der Waals surface area (Å²) in [6.07, 6.45) is -3.62. The molecule has 3 amide bonds. The SMILES string of the molecule is CC1(C)CN(Cc2ccc(C(F)(F)F)cc2)CC[C@]1(O)c1ccc2c(n1)CN([C@@H]1CCC(=O)NC1=O)C2=O. The Balaban J connectivity index is 1.31. The van der Waals surface area contributed by atoms with Crippen molar-refractivity contribution >= 4 is 17.7 Å². The van der Waals surface area contributed by atoms with Crippen LogP contribution in [0.1, 0.15) is 66.0 Å². The molecule has 202 valence electrons. The summed E-state index contributed by atoms with van der Waals surface area (Å²) >= 11 is 0. The first-order valence-electron chi connectivity index (χ1n) is 12.5. The predicted molar refractivity (Wildman–Crippen MR) is 129 cm³/mol. The number of amides is 3. The van der Waals surface area contributed by atoms with Crippen LogP contribution in [0.4, 0.5) is 13.2 Å². The van der Waals surface area contributed by atoms with E-state index in [1.54, 1.807) is 12.1 Å². The van der Waals surface area contributed by atoms with Crippen molar-refractivity contribution < 1.29 is 32.7 Å². The second-order valence-electron chi connectivity index (χ2n) is 11.0. The van der Waals surface area contributed by atoms with Crippen molar-refractivity contribution in [3.05, 3.63) is 64.5 Å². The molecular weight excluding hydrogens is 501 g/mol. The van der Waals surface area contributed by atoms with Gasteiger partial charge in [-0.25, -0.2) is 0 Å². The molecule has 1 aromatic carbocycles. The van der Waals surface area contributed by atoms with Gasteiger partial charge in [0.2, 0.25) is 11.8 Å². The van der Waals surface area contributed by atoms with Crippen LogP contribution in [0.5, 0.6) is 0 Å². The van der Waals surface area contributed by atoms with E-state index in [-0.39, 0.29) is 31.2 Å². The van der Waals surface area contributed by atoms with Crippen LogP contribution in [0.25, 0.3) is 0 Å². The van der Waals surface area contributed by atoms with Gasteiger partial charge in [-0.15, -0.1) is 0 Å². The molecule has 11 heteroatoms. The summed E-state index contributed by atoms with van der Waals surface area (Å²) in [4.78, 5) is 45.0. The zero-order valence-electron chi connectivity index (χ0n) is 21.1. The fraction of sp³-hybridized carbons (Fsp3) is 0.481. The fourth-order valence-corrected chi connectivity index (χ4v) is 5.76. The minimum absolute atomic E-state index is 0.116. The molecule has 2 aromatic rings. The zero-order valence-corrected chi connectivity index (χ0v) is 21.1. The lowest BCUT2D eigenvalue weighted by molar-refractivity contribution is -0.138. The molecule has 3 aliphatic rings. The first-order chi connectivity index (χ1) is 17.8. The summed E-state index contributed by atoms with van der Waals surface area (Å²) < 4.78 is 38.6. The van der Waals surface area contributed by atoms with Gasteiger partial charge >= 0.3 is 6.18 Å². The molecule has 0 unspecified atom stereocenters. The molecule has 4 heterocycles. The third-order valence-electron chi connectivity index (χ3n) is 8.01. The Morgan fingerprint density at radius 3 is 2.45 bits per heavy atom. The summed E-state index contributed by atoms with van der Waals surface area (Å²) in [5, 5.41) is 14.1. The molecule has 0 aliphatic carbocycles. The number of likely N-dealkylation sites (tertiary alicyclic amines) is 1. The predicted octanol–water partition coefficient (Wildman–Crippen LogP) is 2.98. The lowest BCUT2D eigenvalue weighted by Gasteiger charge is -2.50. The third kappa shape index (κ3) is 4.58. The quantitative estimate of drug-likeness (QED) is 0.590. The van der Waals surface area contributed by atoms with Crippen LogP contribution in [-0.4, -0.2) is 56.7 Å². The standard InChI is InChI=1S/C27H29F3N4O4/c1-25(2)15-33(13-16-3-5-17(6-4-16)27(28,29)30)12-11-26(25,38)21-9-7-18-19(31-21)14-34(24(18)37)20-8-10-22(35)32-23(20)36/h3-7,9,20,38H,8,10-15H2,1-2H3,(H,32,35,36)/t20-,26+/m1/s1. The summed E-state index contributed by atoms with van der Waals surface area (Å²) in [7, 11) is 0. The van der Waals surface area contributed by atoms with Crippen LogP contribution < -0.4 is 5.32 Å². The van der Waals surface area contributed by atoms with E-state index in [9.17, 15) is 32.7 Å². The largest absolute Gasteiger partial charge is 0.416 e. The first kappa shape index (κ1) is 26.3. The molecule has 5 rings (SSSR count). The van der Waals surface area contributed by atoms with Crippen molar-refractivity contribution in [2.24, 2.45) is 5.41 Å². The van der Waals surface area contributed by atoms with Crippen molar-refractivity contribution in [2.75, 3.05) is 13.1 Å². The summed E-state index contributed by atoms with van der Waals surface area (Å²) in [6, 6.07) is 7.65. The van der Waals surface area contributed by atoms with Gasteiger partial charge in [0.25, 0.3) is 5.91 Å². The molecule has 2 saturated heterocycles. The van der Waals surface area contributed by atoms with E-state index in [1.807, 2.05) is 13.8 Å². The number of nitrogens with zero attached hydrogens (tertiary/aromatic N) is 3. The van der Waals surface area contributed by atoms with Gasteiger partial charge in [0.05, 0.1) is 29.1 Å². The normalized spacial score (nSPS) is 25.9. The highest BCUT2D eigenvalue weighted by Gasteiger charge is 2.50. The van der Waals surface area contributed by atoms with Crippen molar-refractivity contribution in [3.8, 4) is 0 Å². The van der Waals surface area contributed by atoms with Gasteiger partial charge < -0.3 is 10.0 Å². The van der Waals surface area contributed by atoms with Crippen molar-refractivity contribution in [2.45, 2.75) is 64.0 Å². The Labute approximate surface area is 217 Å². The number of fused-ring (bicyclic) bond motifs is 1. The molecular formula is C27H29F3N4O4. The van der Waals surface area contributed by atoms with Crippen LogP contribution in [0.3, 0.4) is 0 Å². The molecule has 8 nitrogen and oxygen atoms in total. The Hall–Kier alpha value is -3.31. The molecule has 3 aliphatic heterocycles. The average molecular weight is 531 g/mol. The first-order valence-corrected chi connectivity index (χ1v) is 12.5. The molecule has 0 saturated carbocycles. The van der Waals surface area contributed by atoms with Crippen LogP contribution in [0, 0.1) is 5.41 Å². The molecule has 2 N–H and O–H groups in total. The minimum atomic E-state index is -4.38. The van der Waals surface area contributed by atoms with Gasteiger partial charge in [0.1, 0.15) is 11.6 Å². The highest BCUT2D eigenvalue weighted by Crippen LogP contribution is 2.46. The lowest BCUT2D eigenvalue weighted by atomic mass is 9.68. The number of imide groups is 1. The van der Waals surface area contributed by atoms with Gasteiger partial charge in [0.15, 0.2) is 0 Å². The zero-order chi connectivity index (χ0) is 27.5. The number of hydrogen-bond donors (Lipinski definition) is 2. The molecule has 2 atom stereocenters. The Morgan fingerprint density at radius 2 is 1.82 bits per heavy atom. The molecule has 0 radical (unpaired) electrons. The van der Waals surface area contributed by atoms with E-state index in [0.717, 1.165) is 17.7 Å². The number of benzene rings is 1. The van der Waals surface area contributed by atoms with E-state index in [1.165, 1.54) is 17.0 Å². The number of piperidine rings is 2. The number of carbonyl (C=O) groups excluding carboxylic acids is 3. The number of hydrogen-bond acceptors (Lipinski definition) is 6. The summed E-state index contributed by atoms with van der Waals surface area (Å²) in [5.41, 5.74) is -0.607. The minimum Gasteiger partial charge on any atom is -0.383 e. The van der Waals surface area contributed by atoms with Crippen molar-refractivity contribution in [1.29, 1.82) is 0 Å². The number of rotatable bonds is 4. The Morgan fingerprint density at radius 1 is 1.11 bits per heavy atom. The van der Waals surface area contributed by atoms with Crippen LogP contribution in [0.2, 0.25) is 0 Å². The maximum Gasteiger partial charge on any atom is 0.416 e. The van der Waals surface area contributed by atoms with Crippen molar-refractivity contribution in [3.63, 3.8) is 0 Å². The second kappa shape index (κ2) is 9.16. The molecule has 2 fully saturated rings. The number of aliphatic hydroxyl groups is 1. The third-order valence-corrected chi connectivity index (χ3v) is 8.01. The molecule has 1 aromatic heterocycles. The number of alkyl halides is 3. The van der Waals surface area contributed by atoms with E-state index >= 15 is 0 Å². The average Bonchev–Trinajstić information content (AvgIpc) is 3.16. The maximum atomic E-state index is 13.0. The number of carbonyl (C=O) groups is 3. The molecule has 0 spiro atoms. The van der Waals surface area contributed by atoms with Crippen LogP contribution >= 0.6 is 0 Å². The highest BCUT2D eigenvalue weighted by molar-refractivity contribution is 6.05. The lowest BCUT2D eigenvalue weighted by Crippen LogP contribution is -2.55. The number of halogens is 3. The second-order valence-corrected chi connectivity index (χ2v) is 11.0. The smallest absolute Gasteiger partial charge is 0.383 e. The molecule has 0 bridgehead atoms. The fourth-order valence-electron chi connectivity index (χ4n) is 5.76. The van der Waals surface area contributed by atoms with Crippen LogP contribution in [0.15, 0.2) is 36.4 Å². The summed E-state index contributed by atoms with van der Waals surface area (Å²) in [5.74, 6) is -1.18. The van der Waals surface area contributed by atoms with E-state index in [0.29, 0.717) is 43.0 Å². The Bertz CT molecular complexity index is 1290. The number of pyridine rings is 1. The van der Waals surface area contributed by atoms with Gasteiger partial charge in [-0.2, -0.15) is 13.2 Å². The monoisotopic (exact) mass is 530 g/mol. The van der Waals surface area contributed by atoms with Gasteiger partial charge in [0, 0.05) is 31.5 Å². The van der Waals surface area contributed by atoms with Crippen LogP contribution in [-0.2, 0) is 34.5 Å². The van der Waals surface area contributed by atoms with E-state index in [4.69, 9.17) is 0 Å². The maximum absolute atomic E-state index is 13.0.